The molecule has 2 fully saturated rings. The van der Waals surface area contributed by atoms with Gasteiger partial charge in [-0.3, -0.25) is 4.79 Å². The van der Waals surface area contributed by atoms with Crippen molar-refractivity contribution in [2.75, 3.05) is 0 Å². The molecule has 0 saturated heterocycles. The van der Waals surface area contributed by atoms with Crippen LogP contribution in [0.1, 0.15) is 58.8 Å². The first kappa shape index (κ1) is 20.7. The predicted octanol–water partition coefficient (Wildman–Crippen LogP) is 3.54. The second kappa shape index (κ2) is 9.94. The van der Waals surface area contributed by atoms with Gasteiger partial charge >= 0.3 is 5.97 Å². The average Bonchev–Trinajstić information content (AvgIpc) is 3.10. The zero-order valence-corrected chi connectivity index (χ0v) is 15.9. The summed E-state index contributed by atoms with van der Waals surface area (Å²) in [6.07, 6.45) is 10.4. The van der Waals surface area contributed by atoms with Crippen LogP contribution >= 0.6 is 0 Å². The van der Waals surface area contributed by atoms with E-state index in [2.05, 4.69) is 17.9 Å². The third-order valence-corrected chi connectivity index (χ3v) is 5.85. The first-order valence-corrected chi connectivity index (χ1v) is 9.76. The molecular weight excluding hydrogens is 328 g/mol. The fourth-order valence-corrected chi connectivity index (χ4v) is 4.31. The summed E-state index contributed by atoms with van der Waals surface area (Å²) in [6.45, 7) is 3.79. The Hall–Kier alpha value is -1.57. The highest BCUT2D eigenvalue weighted by Crippen LogP contribution is 2.50. The number of unbranched alkanes of at least 4 members (excludes halogenated alkanes) is 1. The van der Waals surface area contributed by atoms with Gasteiger partial charge in [-0.1, -0.05) is 30.7 Å². The highest BCUT2D eigenvalue weighted by molar-refractivity contribution is 5.66. The van der Waals surface area contributed by atoms with E-state index >= 15 is 0 Å². The molecule has 26 heavy (non-hydrogen) atoms. The number of rotatable bonds is 8. The number of aliphatic hydroxyl groups excluding tert-OH is 2. The maximum Gasteiger partial charge on any atom is 0.303 e. The van der Waals surface area contributed by atoms with Gasteiger partial charge in [-0.05, 0) is 56.8 Å². The van der Waals surface area contributed by atoms with Crippen molar-refractivity contribution in [3.63, 3.8) is 0 Å². The molecule has 144 valence electrons. The van der Waals surface area contributed by atoms with Crippen molar-refractivity contribution in [1.29, 1.82) is 0 Å². The van der Waals surface area contributed by atoms with E-state index in [0.717, 1.165) is 25.7 Å². The second-order valence-electron chi connectivity index (χ2n) is 7.84. The topological polar surface area (TPSA) is 77.8 Å². The van der Waals surface area contributed by atoms with Crippen molar-refractivity contribution in [2.45, 2.75) is 71.0 Å². The molecule has 2 saturated carbocycles. The fraction of sp³-hybridized carbons (Fsp3) is 0.682. The van der Waals surface area contributed by atoms with Gasteiger partial charge in [-0.25, -0.2) is 0 Å². The van der Waals surface area contributed by atoms with E-state index in [9.17, 15) is 15.0 Å². The normalized spacial score (nSPS) is 31.6. The van der Waals surface area contributed by atoms with Crippen molar-refractivity contribution < 1.29 is 20.1 Å². The van der Waals surface area contributed by atoms with Crippen LogP contribution in [-0.4, -0.2) is 33.5 Å². The van der Waals surface area contributed by atoms with Crippen molar-refractivity contribution in [3.05, 3.63) is 23.8 Å². The maximum atomic E-state index is 10.6. The third kappa shape index (κ3) is 5.72. The van der Waals surface area contributed by atoms with Gasteiger partial charge in [0.05, 0.1) is 12.2 Å². The number of allylic oxidation sites excluding steroid dienone is 2. The zero-order chi connectivity index (χ0) is 19.1. The molecular formula is C22H32O4. The molecule has 0 aliphatic heterocycles. The lowest BCUT2D eigenvalue weighted by atomic mass is 9.89. The number of carbonyl (C=O) groups is 1. The first-order chi connectivity index (χ1) is 12.4. The average molecular weight is 360 g/mol. The van der Waals surface area contributed by atoms with Crippen LogP contribution in [0.4, 0.5) is 0 Å². The summed E-state index contributed by atoms with van der Waals surface area (Å²) < 4.78 is 0. The van der Waals surface area contributed by atoms with Gasteiger partial charge < -0.3 is 15.3 Å². The summed E-state index contributed by atoms with van der Waals surface area (Å²) in [4.78, 5) is 10.6. The summed E-state index contributed by atoms with van der Waals surface area (Å²) in [5, 5.41) is 29.4. The maximum absolute atomic E-state index is 10.6. The van der Waals surface area contributed by atoms with Gasteiger partial charge in [-0.15, -0.1) is 11.8 Å². The van der Waals surface area contributed by atoms with Crippen LogP contribution < -0.4 is 0 Å². The quantitative estimate of drug-likeness (QED) is 0.351. The Morgan fingerprint density at radius 3 is 2.85 bits per heavy atom. The predicted molar refractivity (Wildman–Crippen MR) is 102 cm³/mol. The monoisotopic (exact) mass is 360 g/mol. The number of carboxylic acids is 1. The zero-order valence-electron chi connectivity index (χ0n) is 15.9. The second-order valence-corrected chi connectivity index (χ2v) is 7.84. The van der Waals surface area contributed by atoms with Crippen molar-refractivity contribution >= 4 is 5.97 Å². The number of hydrogen-bond acceptors (Lipinski definition) is 3. The summed E-state index contributed by atoms with van der Waals surface area (Å²) in [7, 11) is 0. The molecule has 2 rings (SSSR count). The van der Waals surface area contributed by atoms with E-state index in [4.69, 9.17) is 5.11 Å². The molecule has 0 aromatic carbocycles. The first-order valence-electron chi connectivity index (χ1n) is 9.76. The highest BCUT2D eigenvalue weighted by atomic mass is 16.4. The molecule has 3 N–H and O–H groups in total. The Morgan fingerprint density at radius 1 is 1.38 bits per heavy atom. The minimum absolute atomic E-state index is 0.0845. The van der Waals surface area contributed by atoms with Gasteiger partial charge in [0.2, 0.25) is 0 Å². The van der Waals surface area contributed by atoms with Crippen molar-refractivity contribution in [1.82, 2.24) is 0 Å². The molecule has 0 radical (unpaired) electrons. The fourth-order valence-electron chi connectivity index (χ4n) is 4.31. The Morgan fingerprint density at radius 2 is 2.15 bits per heavy atom. The molecule has 0 bridgehead atoms. The number of carboxylic acid groups (broad SMARTS) is 1. The van der Waals surface area contributed by atoms with Crippen LogP contribution in [0.15, 0.2) is 23.8 Å². The van der Waals surface area contributed by atoms with E-state index in [1.807, 2.05) is 19.1 Å². The third-order valence-electron chi connectivity index (χ3n) is 5.85. The lowest BCUT2D eigenvalue weighted by molar-refractivity contribution is -0.137. The molecule has 6 atom stereocenters. The van der Waals surface area contributed by atoms with Gasteiger partial charge in [0.15, 0.2) is 0 Å². The summed E-state index contributed by atoms with van der Waals surface area (Å²) in [5.41, 5.74) is 1.41. The van der Waals surface area contributed by atoms with Gasteiger partial charge in [0, 0.05) is 18.8 Å². The molecule has 0 heterocycles. The minimum atomic E-state index is -0.738. The molecule has 0 amide bonds. The van der Waals surface area contributed by atoms with E-state index in [-0.39, 0.29) is 24.4 Å². The van der Waals surface area contributed by atoms with Gasteiger partial charge in [0.1, 0.15) is 0 Å². The van der Waals surface area contributed by atoms with Crippen LogP contribution in [0, 0.1) is 35.5 Å². The smallest absolute Gasteiger partial charge is 0.303 e. The number of aliphatic hydroxyl groups is 2. The van der Waals surface area contributed by atoms with Gasteiger partial charge in [-0.2, -0.15) is 0 Å². The van der Waals surface area contributed by atoms with Crippen LogP contribution in [0.3, 0.4) is 0 Å². The lowest BCUT2D eigenvalue weighted by Gasteiger charge is -2.19. The van der Waals surface area contributed by atoms with Crippen LogP contribution in [0.5, 0.6) is 0 Å². The summed E-state index contributed by atoms with van der Waals surface area (Å²) in [6, 6.07) is 0. The minimum Gasteiger partial charge on any atom is -0.481 e. The Balaban J connectivity index is 1.89. The Kier molecular flexibility index (Phi) is 7.93. The van der Waals surface area contributed by atoms with Crippen molar-refractivity contribution in [2.24, 2.45) is 23.7 Å². The Bertz CT molecular complexity index is 595. The molecule has 0 spiro atoms. The van der Waals surface area contributed by atoms with E-state index in [1.165, 1.54) is 5.57 Å². The van der Waals surface area contributed by atoms with E-state index in [1.54, 1.807) is 6.92 Å². The van der Waals surface area contributed by atoms with Crippen LogP contribution in [0.2, 0.25) is 0 Å². The van der Waals surface area contributed by atoms with Crippen LogP contribution in [-0.2, 0) is 4.79 Å². The highest BCUT2D eigenvalue weighted by Gasteiger charge is 2.44. The van der Waals surface area contributed by atoms with Crippen molar-refractivity contribution in [3.8, 4) is 11.8 Å². The number of aliphatic carboxylic acids is 1. The van der Waals surface area contributed by atoms with E-state index in [0.29, 0.717) is 24.7 Å². The van der Waals surface area contributed by atoms with E-state index < -0.39 is 12.1 Å². The largest absolute Gasteiger partial charge is 0.481 e. The Labute approximate surface area is 157 Å². The summed E-state index contributed by atoms with van der Waals surface area (Å²) in [5.74, 6) is 6.25. The molecule has 4 heteroatoms. The molecule has 0 aromatic rings. The molecule has 4 nitrogen and oxygen atoms in total. The van der Waals surface area contributed by atoms with Gasteiger partial charge in [0.25, 0.3) is 0 Å². The lowest BCUT2D eigenvalue weighted by Crippen LogP contribution is -2.19. The van der Waals surface area contributed by atoms with Crippen LogP contribution in [0.25, 0.3) is 0 Å². The molecule has 2 aliphatic rings. The molecule has 1 unspecified atom stereocenters. The standard InChI is InChI=1S/C22H32O4/c1-3-4-7-15(2)20(23)11-10-18-19-13-16(8-5-6-9-22(25)26)12-17(19)14-21(18)24/h8,10-11,15,17-21,23-24H,5-7,9,12-14H2,1-2H3,(H,25,26)/b11-10?,16-8+/t15?,17-,18+,19-,20+,21+/m0/s1. The summed E-state index contributed by atoms with van der Waals surface area (Å²) >= 11 is 0. The number of fused-ring (bicyclic) bond motifs is 1. The molecule has 2 aliphatic carbocycles. The number of hydrogen-bond donors (Lipinski definition) is 3. The molecule has 0 aromatic heterocycles. The SMILES string of the molecule is CC#CCC(C)[C@H](O)C=C[C@@H]1[C@H]2C/C(=C/CCCC(=O)O)C[C@H]2C[C@H]1O.